The summed E-state index contributed by atoms with van der Waals surface area (Å²) in [6, 6.07) is 10.5. The lowest BCUT2D eigenvalue weighted by Crippen LogP contribution is -2.47. The van der Waals surface area contributed by atoms with Gasteiger partial charge in [0.1, 0.15) is 28.8 Å². The molecular formula is C40H50FN7O7S. The molecule has 0 aliphatic carbocycles. The van der Waals surface area contributed by atoms with Gasteiger partial charge in [0.2, 0.25) is 23.6 Å². The van der Waals surface area contributed by atoms with E-state index in [-0.39, 0.29) is 47.6 Å². The summed E-state index contributed by atoms with van der Waals surface area (Å²) in [6.07, 6.45) is 5.97. The van der Waals surface area contributed by atoms with Crippen molar-refractivity contribution in [1.29, 1.82) is 0 Å². The van der Waals surface area contributed by atoms with Gasteiger partial charge in [-0.25, -0.2) is 9.37 Å². The van der Waals surface area contributed by atoms with Gasteiger partial charge < -0.3 is 30.0 Å². The van der Waals surface area contributed by atoms with Crippen LogP contribution in [0.15, 0.2) is 41.2 Å². The van der Waals surface area contributed by atoms with Crippen LogP contribution >= 0.6 is 11.8 Å². The molecule has 0 radical (unpaired) electrons. The smallest absolute Gasteiger partial charge is 0.261 e. The highest BCUT2D eigenvalue weighted by molar-refractivity contribution is 7.99. The van der Waals surface area contributed by atoms with E-state index in [1.807, 2.05) is 29.2 Å². The Kier molecular flexibility index (Phi) is 13.2. The minimum Gasteiger partial charge on any atom is -0.493 e. The number of likely N-dealkylation sites (tertiary alicyclic amines) is 2. The molecule has 0 spiro atoms. The van der Waals surface area contributed by atoms with Crippen molar-refractivity contribution in [3.63, 3.8) is 0 Å². The van der Waals surface area contributed by atoms with E-state index in [1.165, 1.54) is 11.6 Å². The summed E-state index contributed by atoms with van der Waals surface area (Å²) in [5.41, 5.74) is 1.78. The second-order valence-electron chi connectivity index (χ2n) is 15.2. The number of nitrogens with zero attached hydrogens (tertiary/aromatic N) is 3. The number of H-pyrrole nitrogens is 1. The largest absolute Gasteiger partial charge is 0.493 e. The Morgan fingerprint density at radius 2 is 1.71 bits per heavy atom. The van der Waals surface area contributed by atoms with Crippen LogP contribution in [0, 0.1) is 11.7 Å². The van der Waals surface area contributed by atoms with Gasteiger partial charge in [0, 0.05) is 55.8 Å². The Bertz CT molecular complexity index is 1940. The predicted molar refractivity (Wildman–Crippen MR) is 210 cm³/mol. The lowest BCUT2D eigenvalue weighted by Gasteiger charge is -2.33. The van der Waals surface area contributed by atoms with Crippen molar-refractivity contribution in [1.82, 2.24) is 30.4 Å². The molecule has 0 bridgehead atoms. The fourth-order valence-corrected chi connectivity index (χ4v) is 8.92. The number of aromatic amines is 1. The molecule has 7 rings (SSSR count). The quantitative estimate of drug-likeness (QED) is 0.187. The number of hydrogen-bond donors (Lipinski definition) is 4. The van der Waals surface area contributed by atoms with Gasteiger partial charge >= 0.3 is 0 Å². The molecule has 4 aliphatic rings. The maximum absolute atomic E-state index is 14.9. The Balaban J connectivity index is 0.789. The maximum atomic E-state index is 14.9. The van der Waals surface area contributed by atoms with Gasteiger partial charge in [-0.1, -0.05) is 12.1 Å². The number of thioether (sulfide) groups is 1. The number of nitrogens with one attached hydrogen (secondary N) is 4. The van der Waals surface area contributed by atoms with Crippen LogP contribution in [-0.2, 0) is 29.7 Å². The highest BCUT2D eigenvalue weighted by atomic mass is 32.2. The first-order chi connectivity index (χ1) is 27.2. The summed E-state index contributed by atoms with van der Waals surface area (Å²) in [4.78, 5) is 73.2. The Morgan fingerprint density at radius 3 is 2.45 bits per heavy atom. The number of piperidine rings is 3. The van der Waals surface area contributed by atoms with Gasteiger partial charge in [-0.15, -0.1) is 0 Å². The molecule has 1 unspecified atom stereocenters. The monoisotopic (exact) mass is 791 g/mol. The number of amides is 4. The van der Waals surface area contributed by atoms with Gasteiger partial charge in [0.25, 0.3) is 5.56 Å². The van der Waals surface area contributed by atoms with Crippen molar-refractivity contribution in [2.24, 2.45) is 5.92 Å². The number of rotatable bonds is 13. The van der Waals surface area contributed by atoms with Crippen molar-refractivity contribution in [2.45, 2.75) is 74.3 Å². The van der Waals surface area contributed by atoms with Crippen molar-refractivity contribution in [3.05, 3.63) is 64.0 Å². The first-order valence-electron chi connectivity index (χ1n) is 19.7. The number of ether oxygens (including phenoxy) is 2. The SMILES string of the molecule is O=C(CN1CCC(SCc2nc3cc(OCC4CCOCC4)cc(F)c3c(=O)[nH]2)CC1)NCC(=O)N1CCC(c2ccc(NC3CCC(=O)NC3=O)cc2)CC1. The summed E-state index contributed by atoms with van der Waals surface area (Å²) < 4.78 is 26.2. The maximum Gasteiger partial charge on any atom is 0.261 e. The summed E-state index contributed by atoms with van der Waals surface area (Å²) in [5.74, 6) is 0.538. The molecular weight excluding hydrogens is 742 g/mol. The Hall–Kier alpha value is -4.54. The second kappa shape index (κ2) is 18.6. The second-order valence-corrected chi connectivity index (χ2v) is 16.5. The van der Waals surface area contributed by atoms with Crippen LogP contribution in [0.25, 0.3) is 10.9 Å². The molecule has 14 nitrogen and oxygen atoms in total. The van der Waals surface area contributed by atoms with Crippen LogP contribution in [0.2, 0.25) is 0 Å². The van der Waals surface area contributed by atoms with Crippen LogP contribution in [0.4, 0.5) is 10.1 Å². The van der Waals surface area contributed by atoms with E-state index in [9.17, 15) is 28.4 Å². The van der Waals surface area contributed by atoms with Gasteiger partial charge in [-0.3, -0.25) is 34.2 Å². The fraction of sp³-hybridized carbons (Fsp3) is 0.550. The Morgan fingerprint density at radius 1 is 0.964 bits per heavy atom. The molecule has 1 aromatic heterocycles. The molecule has 16 heteroatoms. The Labute approximate surface area is 329 Å². The summed E-state index contributed by atoms with van der Waals surface area (Å²) in [7, 11) is 0. The molecule has 3 aromatic rings. The molecule has 300 valence electrons. The highest BCUT2D eigenvalue weighted by Crippen LogP contribution is 2.30. The number of hydrogen-bond acceptors (Lipinski definition) is 11. The molecule has 4 N–H and O–H groups in total. The minimum atomic E-state index is -0.651. The lowest BCUT2D eigenvalue weighted by atomic mass is 9.89. The summed E-state index contributed by atoms with van der Waals surface area (Å²) in [6.45, 7) is 4.78. The van der Waals surface area contributed by atoms with Gasteiger partial charge in [-0.05, 0) is 87.6 Å². The standard InChI is InChI=1S/C40H50FN7O7S/c41-31-19-29(55-23-25-11-17-54-18-12-25)20-33-38(31)40(53)45-34(44-33)24-56-30-9-13-47(14-10-30)22-36(50)42-21-37(51)48-15-7-27(8-16-48)26-1-3-28(4-2-26)43-32-5-6-35(49)46-39(32)52/h1-4,19-20,25,27,30,32,43H,5-18,21-24H2,(H,42,50)(H,44,45,53)(H,46,49,52). The molecule has 5 heterocycles. The van der Waals surface area contributed by atoms with E-state index in [2.05, 4.69) is 30.8 Å². The van der Waals surface area contributed by atoms with E-state index in [1.54, 1.807) is 17.8 Å². The van der Waals surface area contributed by atoms with E-state index in [4.69, 9.17) is 9.47 Å². The third-order valence-corrected chi connectivity index (χ3v) is 12.6. The number of benzene rings is 2. The average molecular weight is 792 g/mol. The van der Waals surface area contributed by atoms with Crippen molar-refractivity contribution in [2.75, 3.05) is 64.4 Å². The first kappa shape index (κ1) is 39.7. The van der Waals surface area contributed by atoms with Gasteiger partial charge in [0.05, 0.1) is 31.0 Å². The predicted octanol–water partition coefficient (Wildman–Crippen LogP) is 3.30. The third-order valence-electron chi connectivity index (χ3n) is 11.2. The normalized spacial score (nSPS) is 20.5. The molecule has 4 amide bonds. The molecule has 2 aromatic carbocycles. The van der Waals surface area contributed by atoms with Crippen LogP contribution in [0.5, 0.6) is 5.75 Å². The fourth-order valence-electron chi connectivity index (χ4n) is 7.85. The number of halogens is 1. The van der Waals surface area contributed by atoms with Gasteiger partial charge in [0.15, 0.2) is 0 Å². The number of imide groups is 1. The lowest BCUT2D eigenvalue weighted by molar-refractivity contribution is -0.134. The van der Waals surface area contributed by atoms with Crippen molar-refractivity contribution < 1.29 is 33.0 Å². The molecule has 4 fully saturated rings. The first-order valence-corrected chi connectivity index (χ1v) is 20.7. The average Bonchev–Trinajstić information content (AvgIpc) is 3.20. The molecule has 0 saturated carbocycles. The minimum absolute atomic E-state index is 0.0268. The molecule has 4 aliphatic heterocycles. The number of carbonyl (C=O) groups is 4. The molecule has 56 heavy (non-hydrogen) atoms. The number of carbonyl (C=O) groups excluding carboxylic acids is 4. The number of aromatic nitrogens is 2. The molecule has 1 atom stereocenters. The highest BCUT2D eigenvalue weighted by Gasteiger charge is 2.28. The molecule has 4 saturated heterocycles. The zero-order valence-electron chi connectivity index (χ0n) is 31.5. The van der Waals surface area contributed by atoms with E-state index in [0.29, 0.717) is 80.2 Å². The van der Waals surface area contributed by atoms with Crippen LogP contribution < -0.4 is 26.2 Å². The summed E-state index contributed by atoms with van der Waals surface area (Å²) in [5, 5.41) is 8.62. The van der Waals surface area contributed by atoms with E-state index in [0.717, 1.165) is 57.3 Å². The topological polar surface area (TPSA) is 175 Å². The zero-order chi connectivity index (χ0) is 39.0. The van der Waals surface area contributed by atoms with Crippen LogP contribution in [0.3, 0.4) is 0 Å². The van der Waals surface area contributed by atoms with Crippen LogP contribution in [-0.4, -0.2) is 114 Å². The summed E-state index contributed by atoms with van der Waals surface area (Å²) >= 11 is 1.69. The third kappa shape index (κ3) is 10.4. The van der Waals surface area contributed by atoms with E-state index >= 15 is 0 Å². The van der Waals surface area contributed by atoms with Crippen molar-refractivity contribution >= 4 is 52.0 Å². The van der Waals surface area contributed by atoms with Gasteiger partial charge in [-0.2, -0.15) is 11.8 Å². The van der Waals surface area contributed by atoms with Crippen LogP contribution in [0.1, 0.15) is 68.7 Å². The van der Waals surface area contributed by atoms with E-state index < -0.39 is 17.4 Å². The number of fused-ring (bicyclic) bond motifs is 1. The van der Waals surface area contributed by atoms with Crippen molar-refractivity contribution in [3.8, 4) is 5.75 Å². The number of anilines is 1. The zero-order valence-corrected chi connectivity index (χ0v) is 32.3.